The van der Waals surface area contributed by atoms with Crippen LogP contribution in [-0.4, -0.2) is 34.7 Å². The molecule has 0 saturated carbocycles. The van der Waals surface area contributed by atoms with Crippen molar-refractivity contribution in [3.05, 3.63) is 47.5 Å². The molecule has 0 aliphatic carbocycles. The van der Waals surface area contributed by atoms with Crippen LogP contribution in [0.3, 0.4) is 0 Å². The zero-order chi connectivity index (χ0) is 17.1. The Balaban J connectivity index is 1.53. The van der Waals surface area contributed by atoms with Gasteiger partial charge in [-0.05, 0) is 48.7 Å². The summed E-state index contributed by atoms with van der Waals surface area (Å²) in [6.45, 7) is 2.64. The van der Waals surface area contributed by atoms with Crippen LogP contribution in [0.15, 0.2) is 36.4 Å². The molecule has 1 aliphatic heterocycles. The second kappa shape index (κ2) is 6.98. The Morgan fingerprint density at radius 1 is 1.04 bits per heavy atom. The molecule has 4 N–H and O–H groups in total. The van der Waals surface area contributed by atoms with Gasteiger partial charge in [0.05, 0.1) is 6.10 Å². The number of benzene rings is 2. The molecule has 2 atom stereocenters. The highest BCUT2D eigenvalue weighted by Gasteiger charge is 2.15. The number of ether oxygens (including phenoxy) is 2. The highest BCUT2D eigenvalue weighted by atomic mass is 16.7. The molecule has 128 valence electrons. The normalized spacial score (nSPS) is 15.2. The summed E-state index contributed by atoms with van der Waals surface area (Å²) in [7, 11) is 0. The van der Waals surface area contributed by atoms with Crippen LogP contribution in [0.5, 0.6) is 23.0 Å². The van der Waals surface area contributed by atoms with Crippen molar-refractivity contribution in [1.29, 1.82) is 0 Å². The number of rotatable bonds is 6. The van der Waals surface area contributed by atoms with Crippen LogP contribution in [0.1, 0.15) is 24.2 Å². The van der Waals surface area contributed by atoms with Gasteiger partial charge < -0.3 is 30.1 Å². The maximum absolute atomic E-state index is 10.2. The van der Waals surface area contributed by atoms with Gasteiger partial charge in [0.15, 0.2) is 23.0 Å². The summed E-state index contributed by atoms with van der Waals surface area (Å²) in [6.07, 6.45) is 0.0141. The van der Waals surface area contributed by atoms with Gasteiger partial charge in [-0.1, -0.05) is 12.1 Å². The maximum atomic E-state index is 10.2. The van der Waals surface area contributed by atoms with Gasteiger partial charge in [0.25, 0.3) is 0 Å². The standard InChI is InChI=1S/C18H21NO5/c1-11(6-12-2-5-17-18(7-12)24-10-23-17)19-9-16(22)13-3-4-14(20)15(21)8-13/h2-5,7-8,11,16,19-22H,6,9-10H2,1H3/t11-,16-/m1/s1. The second-order valence-corrected chi connectivity index (χ2v) is 5.96. The first-order valence-corrected chi connectivity index (χ1v) is 7.85. The van der Waals surface area contributed by atoms with Crippen molar-refractivity contribution in [2.45, 2.75) is 25.5 Å². The third kappa shape index (κ3) is 3.72. The minimum Gasteiger partial charge on any atom is -0.504 e. The van der Waals surface area contributed by atoms with E-state index < -0.39 is 6.10 Å². The predicted molar refractivity (Wildman–Crippen MR) is 88.5 cm³/mol. The molecule has 0 amide bonds. The van der Waals surface area contributed by atoms with Gasteiger partial charge in [-0.15, -0.1) is 0 Å². The maximum Gasteiger partial charge on any atom is 0.231 e. The van der Waals surface area contributed by atoms with Crippen LogP contribution in [0, 0.1) is 0 Å². The van der Waals surface area contributed by atoms with Crippen molar-refractivity contribution in [2.24, 2.45) is 0 Å². The molecule has 6 nitrogen and oxygen atoms in total. The van der Waals surface area contributed by atoms with Crippen LogP contribution in [0.25, 0.3) is 0 Å². The fourth-order valence-electron chi connectivity index (χ4n) is 2.67. The van der Waals surface area contributed by atoms with E-state index in [0.29, 0.717) is 12.1 Å². The lowest BCUT2D eigenvalue weighted by molar-refractivity contribution is 0.170. The van der Waals surface area contributed by atoms with Crippen LogP contribution in [0.2, 0.25) is 0 Å². The van der Waals surface area contributed by atoms with E-state index in [1.807, 2.05) is 25.1 Å². The highest BCUT2D eigenvalue weighted by Crippen LogP contribution is 2.32. The largest absolute Gasteiger partial charge is 0.504 e. The molecule has 0 radical (unpaired) electrons. The molecule has 3 rings (SSSR count). The van der Waals surface area contributed by atoms with E-state index in [2.05, 4.69) is 5.32 Å². The topological polar surface area (TPSA) is 91.2 Å². The van der Waals surface area contributed by atoms with Crippen molar-refractivity contribution < 1.29 is 24.8 Å². The fourth-order valence-corrected chi connectivity index (χ4v) is 2.67. The lowest BCUT2D eigenvalue weighted by atomic mass is 10.1. The summed E-state index contributed by atoms with van der Waals surface area (Å²) in [5, 5.41) is 32.3. The van der Waals surface area contributed by atoms with Crippen molar-refractivity contribution in [1.82, 2.24) is 5.32 Å². The molecule has 0 fully saturated rings. The monoisotopic (exact) mass is 331 g/mol. The first kappa shape index (κ1) is 16.4. The number of phenolic OH excluding ortho intramolecular Hbond substituents is 2. The van der Waals surface area contributed by atoms with E-state index in [1.165, 1.54) is 12.1 Å². The number of hydrogen-bond donors (Lipinski definition) is 4. The van der Waals surface area contributed by atoms with Crippen molar-refractivity contribution >= 4 is 0 Å². The molecule has 0 aromatic heterocycles. The van der Waals surface area contributed by atoms with Crippen molar-refractivity contribution in [2.75, 3.05) is 13.3 Å². The summed E-state index contributed by atoms with van der Waals surface area (Å²) in [5.41, 5.74) is 1.67. The molecule has 2 aromatic carbocycles. The predicted octanol–water partition coefficient (Wildman–Crippen LogP) is 2.08. The molecule has 24 heavy (non-hydrogen) atoms. The van der Waals surface area contributed by atoms with Crippen molar-refractivity contribution in [3.63, 3.8) is 0 Å². The summed E-state index contributed by atoms with van der Waals surface area (Å²) in [4.78, 5) is 0. The second-order valence-electron chi connectivity index (χ2n) is 5.96. The van der Waals surface area contributed by atoms with E-state index in [-0.39, 0.29) is 24.3 Å². The number of fused-ring (bicyclic) bond motifs is 1. The summed E-state index contributed by atoms with van der Waals surface area (Å²) in [5.74, 6) is 1.09. The quantitative estimate of drug-likeness (QED) is 0.606. The number of aliphatic hydroxyl groups excluding tert-OH is 1. The van der Waals surface area contributed by atoms with Gasteiger partial charge in [-0.25, -0.2) is 0 Å². The Kier molecular flexibility index (Phi) is 4.78. The smallest absolute Gasteiger partial charge is 0.231 e. The number of aliphatic hydroxyl groups is 1. The first-order valence-electron chi connectivity index (χ1n) is 7.85. The summed E-state index contributed by atoms with van der Waals surface area (Å²) in [6, 6.07) is 10.3. The lowest BCUT2D eigenvalue weighted by Gasteiger charge is -2.18. The molecule has 0 spiro atoms. The Hall–Kier alpha value is -2.44. The van der Waals surface area contributed by atoms with Gasteiger partial charge in [-0.3, -0.25) is 0 Å². The number of nitrogens with one attached hydrogen (secondary N) is 1. The average molecular weight is 331 g/mol. The molecule has 2 aromatic rings. The lowest BCUT2D eigenvalue weighted by Crippen LogP contribution is -2.32. The zero-order valence-corrected chi connectivity index (χ0v) is 13.4. The van der Waals surface area contributed by atoms with E-state index >= 15 is 0 Å². The van der Waals surface area contributed by atoms with Gasteiger partial charge in [0, 0.05) is 12.6 Å². The number of aromatic hydroxyl groups is 2. The minimum absolute atomic E-state index is 0.144. The molecular weight excluding hydrogens is 310 g/mol. The van der Waals surface area contributed by atoms with Gasteiger partial charge >= 0.3 is 0 Å². The zero-order valence-electron chi connectivity index (χ0n) is 13.4. The third-order valence-electron chi connectivity index (χ3n) is 4.02. The third-order valence-corrected chi connectivity index (χ3v) is 4.02. The van der Waals surface area contributed by atoms with Crippen LogP contribution >= 0.6 is 0 Å². The molecule has 6 heteroatoms. The Morgan fingerprint density at radius 2 is 1.83 bits per heavy atom. The molecular formula is C18H21NO5. The highest BCUT2D eigenvalue weighted by molar-refractivity contribution is 5.44. The Morgan fingerprint density at radius 3 is 2.62 bits per heavy atom. The Labute approximate surface area is 140 Å². The molecule has 0 unspecified atom stereocenters. The van der Waals surface area contributed by atoms with Gasteiger partial charge in [-0.2, -0.15) is 0 Å². The van der Waals surface area contributed by atoms with E-state index in [0.717, 1.165) is 23.5 Å². The summed E-state index contributed by atoms with van der Waals surface area (Å²) >= 11 is 0. The molecule has 0 saturated heterocycles. The van der Waals surface area contributed by atoms with Crippen molar-refractivity contribution in [3.8, 4) is 23.0 Å². The fraction of sp³-hybridized carbons (Fsp3) is 0.333. The van der Waals surface area contributed by atoms with Crippen LogP contribution in [0.4, 0.5) is 0 Å². The van der Waals surface area contributed by atoms with Gasteiger partial charge in [0.1, 0.15) is 0 Å². The van der Waals surface area contributed by atoms with Crippen LogP contribution < -0.4 is 14.8 Å². The van der Waals surface area contributed by atoms with E-state index in [1.54, 1.807) is 6.07 Å². The molecule has 1 aliphatic rings. The van der Waals surface area contributed by atoms with E-state index in [9.17, 15) is 15.3 Å². The van der Waals surface area contributed by atoms with E-state index in [4.69, 9.17) is 9.47 Å². The first-order chi connectivity index (χ1) is 11.5. The average Bonchev–Trinajstić information content (AvgIpc) is 3.03. The van der Waals surface area contributed by atoms with Gasteiger partial charge in [0.2, 0.25) is 6.79 Å². The summed E-state index contributed by atoms with van der Waals surface area (Å²) < 4.78 is 10.7. The SMILES string of the molecule is C[C@H](Cc1ccc2c(c1)OCO2)NC[C@@H](O)c1ccc(O)c(O)c1. The van der Waals surface area contributed by atoms with Crippen LogP contribution in [-0.2, 0) is 6.42 Å². The number of phenols is 2. The molecule has 1 heterocycles. The number of hydrogen-bond acceptors (Lipinski definition) is 6. The minimum atomic E-state index is -0.768. The Bertz CT molecular complexity index is 719. The molecule has 0 bridgehead atoms.